The minimum Gasteiger partial charge on any atom is -0.355 e. The van der Waals surface area contributed by atoms with Crippen molar-refractivity contribution in [2.75, 3.05) is 29.0 Å². The smallest absolute Gasteiger partial charge is 0.263 e. The first-order valence-electron chi connectivity index (χ1n) is 7.32. The lowest BCUT2D eigenvalue weighted by atomic mass is 10.4. The second kappa shape index (κ2) is 6.76. The van der Waals surface area contributed by atoms with E-state index in [2.05, 4.69) is 19.6 Å². The zero-order valence-corrected chi connectivity index (χ0v) is 14.4. The number of rotatable bonds is 5. The normalized spacial score (nSPS) is 14.9. The third-order valence-corrected chi connectivity index (χ3v) is 5.77. The molecule has 0 unspecified atom stereocenters. The molecule has 1 aromatic carbocycles. The quantitative estimate of drug-likeness (QED) is 0.836. The molecule has 0 atom stereocenters. The lowest BCUT2D eigenvalue weighted by Crippen LogP contribution is -2.20. The van der Waals surface area contributed by atoms with Gasteiger partial charge in [-0.2, -0.15) is 0 Å². The SMILES string of the molecule is CSc1ccc(S(=O)(=O)Nc2cncc(N3CCCC3)n2)cc1. The zero-order chi connectivity index (χ0) is 16.3. The predicted molar refractivity (Wildman–Crippen MR) is 92.5 cm³/mol. The van der Waals surface area contributed by atoms with Crippen molar-refractivity contribution in [2.45, 2.75) is 22.6 Å². The van der Waals surface area contributed by atoms with Crippen LogP contribution in [0, 0.1) is 0 Å². The molecule has 0 aliphatic carbocycles. The minimum absolute atomic E-state index is 0.212. The molecule has 0 amide bonds. The highest BCUT2D eigenvalue weighted by Gasteiger charge is 2.18. The molecule has 1 saturated heterocycles. The van der Waals surface area contributed by atoms with E-state index in [9.17, 15) is 8.42 Å². The minimum atomic E-state index is -3.66. The summed E-state index contributed by atoms with van der Waals surface area (Å²) in [4.78, 5) is 11.8. The van der Waals surface area contributed by atoms with Crippen LogP contribution in [0.5, 0.6) is 0 Å². The molecular weight excluding hydrogens is 332 g/mol. The van der Waals surface area contributed by atoms with Gasteiger partial charge < -0.3 is 4.90 Å². The summed E-state index contributed by atoms with van der Waals surface area (Å²) in [5.41, 5.74) is 0. The molecule has 122 valence electrons. The Kier molecular flexibility index (Phi) is 4.72. The van der Waals surface area contributed by atoms with E-state index in [4.69, 9.17) is 0 Å². The molecule has 23 heavy (non-hydrogen) atoms. The summed E-state index contributed by atoms with van der Waals surface area (Å²) in [6, 6.07) is 6.74. The highest BCUT2D eigenvalue weighted by Crippen LogP contribution is 2.21. The van der Waals surface area contributed by atoms with Crippen LogP contribution in [0.4, 0.5) is 11.6 Å². The Morgan fingerprint density at radius 3 is 2.48 bits per heavy atom. The molecule has 3 rings (SSSR count). The number of benzene rings is 1. The summed E-state index contributed by atoms with van der Waals surface area (Å²) in [7, 11) is -3.66. The van der Waals surface area contributed by atoms with Crippen LogP contribution in [0.15, 0.2) is 46.5 Å². The average molecular weight is 350 g/mol. The van der Waals surface area contributed by atoms with Crippen LogP contribution in [0.25, 0.3) is 0 Å². The number of thioether (sulfide) groups is 1. The number of hydrogen-bond acceptors (Lipinski definition) is 6. The Balaban J connectivity index is 1.80. The lowest BCUT2D eigenvalue weighted by Gasteiger charge is -2.16. The van der Waals surface area contributed by atoms with Crippen LogP contribution < -0.4 is 9.62 Å². The third-order valence-electron chi connectivity index (χ3n) is 3.66. The zero-order valence-electron chi connectivity index (χ0n) is 12.8. The van der Waals surface area contributed by atoms with Crippen molar-refractivity contribution in [2.24, 2.45) is 0 Å². The maximum atomic E-state index is 12.4. The molecule has 0 radical (unpaired) electrons. The number of nitrogens with one attached hydrogen (secondary N) is 1. The Morgan fingerprint density at radius 2 is 1.83 bits per heavy atom. The van der Waals surface area contributed by atoms with Gasteiger partial charge in [0.1, 0.15) is 5.82 Å². The molecule has 8 heteroatoms. The monoisotopic (exact) mass is 350 g/mol. The molecule has 1 aromatic heterocycles. The Hall–Kier alpha value is -1.80. The number of sulfonamides is 1. The second-order valence-corrected chi connectivity index (χ2v) is 7.80. The van der Waals surface area contributed by atoms with Crippen LogP contribution in [0.3, 0.4) is 0 Å². The number of hydrogen-bond donors (Lipinski definition) is 1. The van der Waals surface area contributed by atoms with Gasteiger partial charge in [0.05, 0.1) is 17.3 Å². The number of aromatic nitrogens is 2. The van der Waals surface area contributed by atoms with Gasteiger partial charge in [-0.3, -0.25) is 9.71 Å². The van der Waals surface area contributed by atoms with E-state index in [0.29, 0.717) is 5.82 Å². The standard InChI is InChI=1S/C15H18N4O2S2/c1-22-12-4-6-13(7-5-12)23(20,21)18-14-10-16-11-15(17-14)19-8-2-3-9-19/h4-7,10-11H,2-3,8-9H2,1H3,(H,17,18). The fourth-order valence-electron chi connectivity index (χ4n) is 2.45. The first-order chi connectivity index (χ1) is 11.1. The van der Waals surface area contributed by atoms with Crippen molar-refractivity contribution in [3.05, 3.63) is 36.7 Å². The maximum absolute atomic E-state index is 12.4. The highest BCUT2D eigenvalue weighted by atomic mass is 32.2. The molecule has 1 aliphatic rings. The summed E-state index contributed by atoms with van der Waals surface area (Å²) in [6.45, 7) is 1.86. The van der Waals surface area contributed by atoms with E-state index < -0.39 is 10.0 Å². The van der Waals surface area contributed by atoms with Gasteiger partial charge in [-0.25, -0.2) is 13.4 Å². The fourth-order valence-corrected chi connectivity index (χ4v) is 3.85. The summed E-state index contributed by atoms with van der Waals surface area (Å²) in [5.74, 6) is 0.948. The predicted octanol–water partition coefficient (Wildman–Crippen LogP) is 2.60. The Labute approximate surface area is 140 Å². The molecule has 1 aliphatic heterocycles. The van der Waals surface area contributed by atoms with Gasteiger partial charge in [0.2, 0.25) is 0 Å². The highest BCUT2D eigenvalue weighted by molar-refractivity contribution is 7.98. The molecule has 0 saturated carbocycles. The average Bonchev–Trinajstić information content (AvgIpc) is 3.09. The van der Waals surface area contributed by atoms with E-state index >= 15 is 0 Å². The Bertz CT molecular complexity index is 772. The van der Waals surface area contributed by atoms with Crippen molar-refractivity contribution in [3.63, 3.8) is 0 Å². The molecule has 0 spiro atoms. The summed E-state index contributed by atoms with van der Waals surface area (Å²) in [6.07, 6.45) is 7.28. The van der Waals surface area contributed by atoms with Crippen LogP contribution in [0.1, 0.15) is 12.8 Å². The Morgan fingerprint density at radius 1 is 1.13 bits per heavy atom. The van der Waals surface area contributed by atoms with Gasteiger partial charge in [-0.1, -0.05) is 0 Å². The van der Waals surface area contributed by atoms with Gasteiger partial charge in [0.25, 0.3) is 10.0 Å². The topological polar surface area (TPSA) is 75.2 Å². The van der Waals surface area contributed by atoms with E-state index in [1.807, 2.05) is 6.26 Å². The molecule has 6 nitrogen and oxygen atoms in total. The van der Waals surface area contributed by atoms with Crippen molar-refractivity contribution >= 4 is 33.4 Å². The van der Waals surface area contributed by atoms with Crippen LogP contribution in [-0.2, 0) is 10.0 Å². The molecular formula is C15H18N4O2S2. The van der Waals surface area contributed by atoms with Crippen LogP contribution in [0.2, 0.25) is 0 Å². The largest absolute Gasteiger partial charge is 0.355 e. The van der Waals surface area contributed by atoms with Gasteiger partial charge in [-0.05, 0) is 43.4 Å². The number of nitrogens with zero attached hydrogens (tertiary/aromatic N) is 3. The van der Waals surface area contributed by atoms with Gasteiger partial charge >= 0.3 is 0 Å². The van der Waals surface area contributed by atoms with Crippen LogP contribution in [-0.4, -0.2) is 37.7 Å². The molecule has 1 fully saturated rings. The molecule has 2 heterocycles. The summed E-state index contributed by atoms with van der Waals surface area (Å²) >= 11 is 1.57. The van der Waals surface area contributed by atoms with Crippen molar-refractivity contribution in [1.29, 1.82) is 0 Å². The molecule has 2 aromatic rings. The van der Waals surface area contributed by atoms with Crippen molar-refractivity contribution in [1.82, 2.24) is 9.97 Å². The summed E-state index contributed by atoms with van der Waals surface area (Å²) in [5, 5.41) is 0. The van der Waals surface area contributed by atoms with E-state index in [0.717, 1.165) is 30.8 Å². The van der Waals surface area contributed by atoms with Gasteiger partial charge in [0.15, 0.2) is 5.82 Å². The lowest BCUT2D eigenvalue weighted by molar-refractivity contribution is 0.601. The molecule has 0 bridgehead atoms. The van der Waals surface area contributed by atoms with E-state index in [1.165, 1.54) is 6.20 Å². The summed E-state index contributed by atoms with van der Waals surface area (Å²) < 4.78 is 27.4. The second-order valence-electron chi connectivity index (χ2n) is 5.24. The van der Waals surface area contributed by atoms with E-state index in [-0.39, 0.29) is 10.7 Å². The first-order valence-corrected chi connectivity index (χ1v) is 10.0. The maximum Gasteiger partial charge on any atom is 0.263 e. The molecule has 1 N–H and O–H groups in total. The van der Waals surface area contributed by atoms with Gasteiger partial charge in [0, 0.05) is 18.0 Å². The van der Waals surface area contributed by atoms with E-state index in [1.54, 1.807) is 42.2 Å². The van der Waals surface area contributed by atoms with Crippen molar-refractivity contribution < 1.29 is 8.42 Å². The van der Waals surface area contributed by atoms with Crippen LogP contribution >= 0.6 is 11.8 Å². The third kappa shape index (κ3) is 3.76. The van der Waals surface area contributed by atoms with Crippen molar-refractivity contribution in [3.8, 4) is 0 Å². The van der Waals surface area contributed by atoms with Gasteiger partial charge in [-0.15, -0.1) is 11.8 Å². The number of anilines is 2. The fraction of sp³-hybridized carbons (Fsp3) is 0.333. The first kappa shape index (κ1) is 16.1.